The second kappa shape index (κ2) is 2.13. The predicted molar refractivity (Wildman–Crippen MR) is 30.5 cm³/mol. The van der Waals surface area contributed by atoms with Crippen molar-refractivity contribution in [2.24, 2.45) is 0 Å². The van der Waals surface area contributed by atoms with Crippen molar-refractivity contribution in [3.05, 3.63) is 0 Å². The summed E-state index contributed by atoms with van der Waals surface area (Å²) >= 11 is 0. The van der Waals surface area contributed by atoms with Gasteiger partial charge in [0.2, 0.25) is 5.91 Å². The monoisotopic (exact) mass is 118 g/mol. The molecule has 0 aliphatic carbocycles. The van der Waals surface area contributed by atoms with Gasteiger partial charge in [-0.1, -0.05) is 0 Å². The topological polar surface area (TPSA) is 41.1 Å². The van der Waals surface area contributed by atoms with Gasteiger partial charge in [0.05, 0.1) is 8.78 Å². The molecule has 2 N–H and O–H groups in total. The molecule has 1 aliphatic heterocycles. The first-order valence-corrected chi connectivity index (χ1v) is 2.36. The van der Waals surface area contributed by atoms with E-state index < -0.39 is 24.9 Å². The van der Waals surface area contributed by atoms with Crippen molar-refractivity contribution in [1.82, 2.24) is 10.6 Å². The van der Waals surface area contributed by atoms with E-state index in [0.717, 1.165) is 0 Å². The van der Waals surface area contributed by atoms with Crippen LogP contribution in [-0.4, -0.2) is 24.9 Å². The molecule has 3 nitrogen and oxygen atoms in total. The van der Waals surface area contributed by atoms with Gasteiger partial charge in [0.15, 0.2) is 0 Å². The maximum Gasteiger partial charge on any atom is 0.236 e. The number of hydrogen-bond donors (Lipinski definition) is 2. The zero-order chi connectivity index (χ0) is 9.57. The van der Waals surface area contributed by atoms with Crippen LogP contribution in [0.2, 0.25) is 0 Å². The fourth-order valence-electron chi connectivity index (χ4n) is 0.411. The Balaban J connectivity index is 2.88. The second-order valence-electron chi connectivity index (χ2n) is 1.61. The lowest BCUT2D eigenvalue weighted by Crippen LogP contribution is -2.51. The Kier molecular flexibility index (Phi) is 0.627. The summed E-state index contributed by atoms with van der Waals surface area (Å²) in [5.74, 6) is -0.532. The Morgan fingerprint density at radius 2 is 2.62 bits per heavy atom. The smallest absolute Gasteiger partial charge is 0.236 e. The van der Waals surface area contributed by atoms with E-state index in [-0.39, 0.29) is 0 Å². The summed E-state index contributed by atoms with van der Waals surface area (Å²) in [6.07, 6.45) is 0. The minimum atomic E-state index is -2.35. The largest absolute Gasteiger partial charge is 0.353 e. The Morgan fingerprint density at radius 3 is 3.25 bits per heavy atom. The van der Waals surface area contributed by atoms with Gasteiger partial charge in [-0.15, -0.1) is 0 Å². The molecule has 1 rings (SSSR count). The van der Waals surface area contributed by atoms with Gasteiger partial charge in [0.1, 0.15) is 0 Å². The van der Waals surface area contributed by atoms with Crippen LogP contribution in [0.25, 0.3) is 0 Å². The first kappa shape index (κ1) is 2.35. The Hall–Kier alpha value is -0.570. The van der Waals surface area contributed by atoms with Crippen molar-refractivity contribution in [2.75, 3.05) is 13.0 Å². The highest BCUT2D eigenvalue weighted by Gasteiger charge is 2.14. The molecule has 0 bridgehead atoms. The quantitative estimate of drug-likeness (QED) is 0.432. The zero-order valence-electron chi connectivity index (χ0n) is 8.49. The zero-order valence-corrected chi connectivity index (χ0v) is 4.49. The van der Waals surface area contributed by atoms with Crippen molar-refractivity contribution in [3.63, 3.8) is 0 Å². The normalized spacial score (nSPS) is 49.6. The molecule has 0 aromatic carbocycles. The van der Waals surface area contributed by atoms with Crippen molar-refractivity contribution in [2.45, 2.75) is 13.0 Å². The molecule has 1 unspecified atom stereocenters. The molecular formula is C5H10N2O. The standard InChI is InChI=1S/C5H10N2O/c1-4-5(8)7-3-2-6-4/h4,6H,2-3H2,1H3,(H,7,8)/i2D2,3D2. The lowest BCUT2D eigenvalue weighted by atomic mass is 10.2. The molecule has 1 amide bonds. The SMILES string of the molecule is [2H]C1([2H])NC(=O)C(C)NC1([2H])[2H]. The van der Waals surface area contributed by atoms with E-state index in [2.05, 4.69) is 5.32 Å². The predicted octanol–water partition coefficient (Wildman–Crippen LogP) is -0.906. The number of piperazine rings is 1. The molecule has 0 spiro atoms. The molecule has 46 valence electrons. The molecule has 1 aliphatic rings. The lowest BCUT2D eigenvalue weighted by Gasteiger charge is -2.19. The summed E-state index contributed by atoms with van der Waals surface area (Å²) in [5, 5.41) is 4.19. The third-order valence-corrected chi connectivity index (χ3v) is 0.930. The maximum atomic E-state index is 10.9. The molecule has 8 heavy (non-hydrogen) atoms. The highest BCUT2D eigenvalue weighted by Crippen LogP contribution is 1.84. The first-order chi connectivity index (χ1) is 5.26. The maximum absolute atomic E-state index is 10.9. The summed E-state index contributed by atoms with van der Waals surface area (Å²) in [7, 11) is 0. The van der Waals surface area contributed by atoms with Gasteiger partial charge >= 0.3 is 0 Å². The Labute approximate surface area is 54.1 Å². The Bertz CT molecular complexity index is 217. The third-order valence-electron chi connectivity index (χ3n) is 0.930. The average Bonchev–Trinajstić information content (AvgIpc) is 1.82. The first-order valence-electron chi connectivity index (χ1n) is 4.36. The number of carbonyl (C=O) groups excluding carboxylic acids is 1. The minimum absolute atomic E-state index is 0.532. The van der Waals surface area contributed by atoms with Gasteiger partial charge in [0, 0.05) is 15.7 Å². The molecule has 0 aromatic heterocycles. The van der Waals surface area contributed by atoms with E-state index in [0.29, 0.717) is 0 Å². The van der Waals surface area contributed by atoms with Crippen LogP contribution in [0.3, 0.4) is 0 Å². The van der Waals surface area contributed by atoms with E-state index in [9.17, 15) is 4.79 Å². The van der Waals surface area contributed by atoms with Crippen molar-refractivity contribution >= 4 is 5.91 Å². The number of carbonyl (C=O) groups is 1. The molecular weight excluding hydrogens is 104 g/mol. The highest BCUT2D eigenvalue weighted by atomic mass is 16.2. The van der Waals surface area contributed by atoms with Gasteiger partial charge in [-0.05, 0) is 6.92 Å². The van der Waals surface area contributed by atoms with Gasteiger partial charge in [-0.25, -0.2) is 0 Å². The minimum Gasteiger partial charge on any atom is -0.353 e. The molecule has 1 atom stereocenters. The molecule has 1 fully saturated rings. The molecule has 1 saturated heterocycles. The number of amides is 1. The van der Waals surface area contributed by atoms with Gasteiger partial charge < -0.3 is 10.6 Å². The van der Waals surface area contributed by atoms with Crippen LogP contribution in [0, 0.1) is 0 Å². The number of rotatable bonds is 0. The van der Waals surface area contributed by atoms with Crippen LogP contribution in [0.5, 0.6) is 0 Å². The molecule has 0 radical (unpaired) electrons. The van der Waals surface area contributed by atoms with Crippen molar-refractivity contribution in [1.29, 1.82) is 0 Å². The summed E-state index contributed by atoms with van der Waals surface area (Å²) in [6, 6.07) is -0.705. The van der Waals surface area contributed by atoms with Crippen LogP contribution >= 0.6 is 0 Å². The van der Waals surface area contributed by atoms with Crippen LogP contribution in [0.1, 0.15) is 12.4 Å². The van der Waals surface area contributed by atoms with E-state index in [1.165, 1.54) is 6.92 Å². The van der Waals surface area contributed by atoms with Crippen LogP contribution < -0.4 is 10.6 Å². The molecule has 3 heteroatoms. The third kappa shape index (κ3) is 0.980. The van der Waals surface area contributed by atoms with E-state index >= 15 is 0 Å². The second-order valence-corrected chi connectivity index (χ2v) is 1.61. The molecule has 0 aromatic rings. The number of hydrogen-bond acceptors (Lipinski definition) is 2. The summed E-state index contributed by atoms with van der Waals surface area (Å²) in [4.78, 5) is 10.9. The van der Waals surface area contributed by atoms with Crippen LogP contribution in [0.4, 0.5) is 0 Å². The lowest BCUT2D eigenvalue weighted by molar-refractivity contribution is -0.123. The summed E-state index contributed by atoms with van der Waals surface area (Å²) in [6.45, 7) is -3.10. The van der Waals surface area contributed by atoms with Gasteiger partial charge in [0.25, 0.3) is 0 Å². The van der Waals surface area contributed by atoms with E-state index in [1.54, 1.807) is 0 Å². The van der Waals surface area contributed by atoms with Gasteiger partial charge in [-0.3, -0.25) is 4.79 Å². The van der Waals surface area contributed by atoms with Crippen LogP contribution in [-0.2, 0) is 4.79 Å². The fraction of sp³-hybridized carbons (Fsp3) is 0.800. The van der Waals surface area contributed by atoms with E-state index in [4.69, 9.17) is 5.48 Å². The van der Waals surface area contributed by atoms with Crippen molar-refractivity contribution < 1.29 is 10.3 Å². The van der Waals surface area contributed by atoms with E-state index in [1.807, 2.05) is 5.32 Å². The highest BCUT2D eigenvalue weighted by molar-refractivity contribution is 5.81. The Morgan fingerprint density at radius 1 is 1.88 bits per heavy atom. The van der Waals surface area contributed by atoms with Crippen LogP contribution in [0.15, 0.2) is 0 Å². The fourth-order valence-corrected chi connectivity index (χ4v) is 0.411. The van der Waals surface area contributed by atoms with Gasteiger partial charge in [-0.2, -0.15) is 0 Å². The number of nitrogens with one attached hydrogen (secondary N) is 2. The molecule has 0 saturated carbocycles. The summed E-state index contributed by atoms with van der Waals surface area (Å²) in [5.41, 5.74) is 0. The average molecular weight is 118 g/mol. The van der Waals surface area contributed by atoms with Crippen molar-refractivity contribution in [3.8, 4) is 0 Å². The molecule has 1 heterocycles. The summed E-state index contributed by atoms with van der Waals surface area (Å²) < 4.78 is 28.7.